The Bertz CT molecular complexity index is 1380. The largest absolute Gasteiger partial charge is 0.572 e. The lowest BCUT2D eigenvalue weighted by Gasteiger charge is -2.29. The highest BCUT2D eigenvalue weighted by molar-refractivity contribution is 6.30. The maximum Gasteiger partial charge on any atom is 0.572 e. The zero-order valence-electron chi connectivity index (χ0n) is 17.7. The zero-order valence-corrected chi connectivity index (χ0v) is 18.5. The number of imidazole rings is 1. The Labute approximate surface area is 190 Å². The summed E-state index contributed by atoms with van der Waals surface area (Å²) in [6, 6.07) is 7.03. The normalized spacial score (nSPS) is 18.5. The number of benzene rings is 1. The van der Waals surface area contributed by atoms with Gasteiger partial charge in [0.1, 0.15) is 11.6 Å². The number of ether oxygens (including phenoxy) is 1. The van der Waals surface area contributed by atoms with Crippen molar-refractivity contribution in [1.29, 1.82) is 0 Å². The maximum absolute atomic E-state index is 12.7. The minimum atomic E-state index is -4.79. The number of hydrogen-bond donors (Lipinski definition) is 1. The second-order valence-electron chi connectivity index (χ2n) is 8.28. The summed E-state index contributed by atoms with van der Waals surface area (Å²) >= 11 is 5.97. The predicted molar refractivity (Wildman–Crippen MR) is 117 cm³/mol. The van der Waals surface area contributed by atoms with E-state index >= 15 is 0 Å². The standard InChI is InChI=1S/C22H20ClF3N4O3/c1-21(9-3-4-15(10-21)33-22(24,25)26)11-16-27-18-17(19(31)28-20(32)29(18)2)30(16)12-13-5-7-14(23)8-6-13/h3-9H,10-12H2,1-2H3,(H,28,31,32). The molecule has 1 aliphatic rings. The van der Waals surface area contributed by atoms with Crippen LogP contribution in [0.2, 0.25) is 5.02 Å². The molecule has 0 radical (unpaired) electrons. The number of H-pyrrole nitrogens is 1. The molecule has 0 aliphatic heterocycles. The molecule has 0 fully saturated rings. The zero-order chi connectivity index (χ0) is 24.0. The number of nitrogens with zero attached hydrogens (tertiary/aromatic N) is 3. The van der Waals surface area contributed by atoms with E-state index in [2.05, 4.69) is 14.7 Å². The Morgan fingerprint density at radius 2 is 1.94 bits per heavy atom. The first-order chi connectivity index (χ1) is 15.4. The van der Waals surface area contributed by atoms with Gasteiger partial charge in [0.25, 0.3) is 5.56 Å². The Hall–Kier alpha value is -3.27. The van der Waals surface area contributed by atoms with Crippen LogP contribution >= 0.6 is 11.6 Å². The smallest absolute Gasteiger partial charge is 0.410 e. The summed E-state index contributed by atoms with van der Waals surface area (Å²) in [4.78, 5) is 31.6. The van der Waals surface area contributed by atoms with Crippen LogP contribution in [0.15, 0.2) is 57.8 Å². The van der Waals surface area contributed by atoms with Crippen molar-refractivity contribution in [3.8, 4) is 0 Å². The van der Waals surface area contributed by atoms with E-state index in [4.69, 9.17) is 11.6 Å². The fourth-order valence-electron chi connectivity index (χ4n) is 3.96. The van der Waals surface area contributed by atoms with Gasteiger partial charge in [-0.1, -0.05) is 42.8 Å². The van der Waals surface area contributed by atoms with Crippen molar-refractivity contribution in [1.82, 2.24) is 19.1 Å². The first-order valence-electron chi connectivity index (χ1n) is 10.0. The number of aromatic nitrogens is 4. The third-order valence-electron chi connectivity index (χ3n) is 5.51. The Morgan fingerprint density at radius 1 is 1.24 bits per heavy atom. The SMILES string of the molecule is Cn1c(=O)[nH]c(=O)c2c1nc(CC1(C)C=CC=C(OC(F)(F)F)C1)n2Cc1ccc(Cl)cc1. The topological polar surface area (TPSA) is 81.9 Å². The van der Waals surface area contributed by atoms with Gasteiger partial charge >= 0.3 is 12.1 Å². The summed E-state index contributed by atoms with van der Waals surface area (Å²) in [5.74, 6) is 0.241. The summed E-state index contributed by atoms with van der Waals surface area (Å²) in [7, 11) is 1.49. The number of hydrogen-bond acceptors (Lipinski definition) is 4. The van der Waals surface area contributed by atoms with Crippen LogP contribution in [0, 0.1) is 5.41 Å². The van der Waals surface area contributed by atoms with Crippen molar-refractivity contribution >= 4 is 22.8 Å². The molecule has 1 aliphatic carbocycles. The Kier molecular flexibility index (Phi) is 5.73. The van der Waals surface area contributed by atoms with E-state index in [0.29, 0.717) is 10.8 Å². The summed E-state index contributed by atoms with van der Waals surface area (Å²) in [5.41, 5.74) is -0.737. The predicted octanol–water partition coefficient (Wildman–Crippen LogP) is 4.05. The average Bonchev–Trinajstić information content (AvgIpc) is 3.04. The van der Waals surface area contributed by atoms with E-state index in [0.717, 1.165) is 5.56 Å². The quantitative estimate of drug-likeness (QED) is 0.597. The Balaban J connectivity index is 1.78. The molecule has 3 aromatic rings. The molecule has 0 saturated heterocycles. The minimum absolute atomic E-state index is 0.0115. The van der Waals surface area contributed by atoms with Crippen molar-refractivity contribution < 1.29 is 17.9 Å². The first kappa shape index (κ1) is 22.9. The molecule has 1 atom stereocenters. The molecule has 1 unspecified atom stereocenters. The molecule has 7 nitrogen and oxygen atoms in total. The lowest BCUT2D eigenvalue weighted by atomic mass is 9.79. The van der Waals surface area contributed by atoms with Crippen LogP contribution in [0.3, 0.4) is 0 Å². The van der Waals surface area contributed by atoms with Crippen molar-refractivity contribution in [2.75, 3.05) is 0 Å². The van der Waals surface area contributed by atoms with E-state index in [1.54, 1.807) is 41.8 Å². The summed E-state index contributed by atoms with van der Waals surface area (Å²) < 4.78 is 45.3. The Morgan fingerprint density at radius 3 is 2.61 bits per heavy atom. The van der Waals surface area contributed by atoms with E-state index in [1.807, 2.05) is 0 Å². The van der Waals surface area contributed by atoms with Crippen LogP contribution in [0.5, 0.6) is 0 Å². The summed E-state index contributed by atoms with van der Waals surface area (Å²) in [6.45, 7) is 2.04. The molecule has 33 heavy (non-hydrogen) atoms. The fraction of sp³-hybridized carbons (Fsp3) is 0.318. The highest BCUT2D eigenvalue weighted by atomic mass is 35.5. The number of alkyl halides is 3. The van der Waals surface area contributed by atoms with Gasteiger partial charge in [-0.05, 0) is 29.2 Å². The molecule has 0 spiro atoms. The second-order valence-corrected chi connectivity index (χ2v) is 8.72. The second kappa shape index (κ2) is 8.26. The van der Waals surface area contributed by atoms with Crippen LogP contribution in [-0.4, -0.2) is 25.5 Å². The van der Waals surface area contributed by atoms with Crippen LogP contribution in [-0.2, 0) is 24.8 Å². The van der Waals surface area contributed by atoms with Crippen molar-refractivity contribution in [2.24, 2.45) is 12.5 Å². The van der Waals surface area contributed by atoms with E-state index in [-0.39, 0.29) is 36.3 Å². The van der Waals surface area contributed by atoms with Crippen molar-refractivity contribution in [3.05, 3.63) is 85.5 Å². The lowest BCUT2D eigenvalue weighted by molar-refractivity contribution is -0.307. The molecule has 0 saturated carbocycles. The minimum Gasteiger partial charge on any atom is -0.410 e. The van der Waals surface area contributed by atoms with Crippen LogP contribution in [0.1, 0.15) is 24.7 Å². The fourth-order valence-corrected chi connectivity index (χ4v) is 4.09. The van der Waals surface area contributed by atoms with E-state index in [1.165, 1.54) is 23.8 Å². The number of rotatable bonds is 5. The molecule has 174 valence electrons. The first-order valence-corrected chi connectivity index (χ1v) is 10.4. The highest BCUT2D eigenvalue weighted by Gasteiger charge is 2.36. The summed E-state index contributed by atoms with van der Waals surface area (Å²) in [5, 5.41) is 0.554. The average molecular weight is 481 g/mol. The van der Waals surface area contributed by atoms with Gasteiger partial charge in [-0.2, -0.15) is 0 Å². The molecule has 1 aromatic carbocycles. The van der Waals surface area contributed by atoms with Gasteiger partial charge in [-0.25, -0.2) is 9.78 Å². The third-order valence-corrected chi connectivity index (χ3v) is 5.76. The van der Waals surface area contributed by atoms with Crippen LogP contribution in [0.4, 0.5) is 13.2 Å². The van der Waals surface area contributed by atoms with Gasteiger partial charge in [0.05, 0.1) is 0 Å². The molecule has 0 bridgehead atoms. The van der Waals surface area contributed by atoms with Gasteiger partial charge in [-0.15, -0.1) is 13.2 Å². The maximum atomic E-state index is 12.7. The number of halogens is 4. The van der Waals surface area contributed by atoms with Gasteiger partial charge in [0.15, 0.2) is 11.2 Å². The van der Waals surface area contributed by atoms with Crippen LogP contribution < -0.4 is 11.2 Å². The molecular weight excluding hydrogens is 461 g/mol. The lowest BCUT2D eigenvalue weighted by Crippen LogP contribution is -2.29. The number of fused-ring (bicyclic) bond motifs is 1. The van der Waals surface area contributed by atoms with E-state index < -0.39 is 23.0 Å². The molecule has 11 heteroatoms. The van der Waals surface area contributed by atoms with Crippen molar-refractivity contribution in [2.45, 2.75) is 32.7 Å². The number of aryl methyl sites for hydroxylation is 1. The number of aromatic amines is 1. The summed E-state index contributed by atoms with van der Waals surface area (Å²) in [6.07, 6.45) is -0.0171. The van der Waals surface area contributed by atoms with Gasteiger partial charge in [0, 0.05) is 31.5 Å². The van der Waals surface area contributed by atoms with E-state index in [9.17, 15) is 22.8 Å². The van der Waals surface area contributed by atoms with Gasteiger partial charge < -0.3 is 9.30 Å². The van der Waals surface area contributed by atoms with Gasteiger partial charge in [-0.3, -0.25) is 14.3 Å². The molecular formula is C22H20ClF3N4O3. The highest BCUT2D eigenvalue weighted by Crippen LogP contribution is 2.37. The monoisotopic (exact) mass is 480 g/mol. The van der Waals surface area contributed by atoms with Gasteiger partial charge in [0.2, 0.25) is 0 Å². The molecule has 4 rings (SSSR count). The molecule has 1 N–H and O–H groups in total. The van der Waals surface area contributed by atoms with Crippen LogP contribution in [0.25, 0.3) is 11.2 Å². The molecule has 0 amide bonds. The van der Waals surface area contributed by atoms with Crippen molar-refractivity contribution in [3.63, 3.8) is 0 Å². The number of nitrogens with one attached hydrogen (secondary N) is 1. The molecule has 2 heterocycles. The number of allylic oxidation sites excluding steroid dienone is 4. The molecule has 2 aromatic heterocycles. The third kappa shape index (κ3) is 4.90.